The van der Waals surface area contributed by atoms with Crippen molar-refractivity contribution in [2.24, 2.45) is 0 Å². The summed E-state index contributed by atoms with van der Waals surface area (Å²) in [4.78, 5) is 0. The third-order valence-corrected chi connectivity index (χ3v) is 3.51. The van der Waals surface area contributed by atoms with Gasteiger partial charge in [0.2, 0.25) is 0 Å². The van der Waals surface area contributed by atoms with E-state index in [1.54, 1.807) is 0 Å². The predicted octanol–water partition coefficient (Wildman–Crippen LogP) is 2.63. The smallest absolute Gasteiger partial charge is 0.371 e. The highest BCUT2D eigenvalue weighted by Crippen LogP contribution is 2.49. The molecular weight excluding hydrogens is 219 g/mol. The number of halogens is 3. The number of hydrogen-bond donors (Lipinski definition) is 1. The average Bonchev–Trinajstić information content (AvgIpc) is 2.84. The topological polar surface area (TPSA) is 21.3 Å². The van der Waals surface area contributed by atoms with Gasteiger partial charge in [-0.15, -0.1) is 0 Å². The Morgan fingerprint density at radius 2 is 1.88 bits per heavy atom. The zero-order valence-corrected chi connectivity index (χ0v) is 9.66. The molecule has 2 fully saturated rings. The van der Waals surface area contributed by atoms with E-state index in [2.05, 4.69) is 5.32 Å². The molecule has 1 aliphatic carbocycles. The van der Waals surface area contributed by atoms with E-state index in [1.165, 1.54) is 0 Å². The van der Waals surface area contributed by atoms with Gasteiger partial charge in [0.15, 0.2) is 0 Å². The van der Waals surface area contributed by atoms with Crippen LogP contribution in [0.2, 0.25) is 0 Å². The summed E-state index contributed by atoms with van der Waals surface area (Å²) in [7, 11) is 0. The van der Waals surface area contributed by atoms with Gasteiger partial charge in [0.25, 0.3) is 0 Å². The fourth-order valence-corrected chi connectivity index (χ4v) is 2.22. The minimum absolute atomic E-state index is 0.0742. The SMILES string of the molecule is CC1(C)CCC(CNC2(C(F)(F)F)CC2)O1. The highest BCUT2D eigenvalue weighted by molar-refractivity contribution is 5.08. The van der Waals surface area contributed by atoms with Gasteiger partial charge in [-0.3, -0.25) is 0 Å². The summed E-state index contributed by atoms with van der Waals surface area (Å²) >= 11 is 0. The second-order valence-corrected chi connectivity index (χ2v) is 5.50. The van der Waals surface area contributed by atoms with Crippen molar-refractivity contribution in [1.29, 1.82) is 0 Å². The fraction of sp³-hybridized carbons (Fsp3) is 1.00. The molecule has 2 nitrogen and oxygen atoms in total. The van der Waals surface area contributed by atoms with E-state index in [1.807, 2.05) is 13.8 Å². The molecule has 1 saturated heterocycles. The van der Waals surface area contributed by atoms with Crippen LogP contribution in [-0.4, -0.2) is 30.0 Å². The number of alkyl halides is 3. The maximum absolute atomic E-state index is 12.6. The van der Waals surface area contributed by atoms with Crippen LogP contribution in [0.5, 0.6) is 0 Å². The number of hydrogen-bond acceptors (Lipinski definition) is 2. The minimum atomic E-state index is -4.12. The molecule has 0 radical (unpaired) electrons. The highest BCUT2D eigenvalue weighted by Gasteiger charge is 2.63. The van der Waals surface area contributed by atoms with Crippen molar-refractivity contribution in [3.63, 3.8) is 0 Å². The normalized spacial score (nSPS) is 31.7. The lowest BCUT2D eigenvalue weighted by Gasteiger charge is -2.24. The lowest BCUT2D eigenvalue weighted by atomic mass is 10.1. The summed E-state index contributed by atoms with van der Waals surface area (Å²) < 4.78 is 43.5. The van der Waals surface area contributed by atoms with Gasteiger partial charge in [-0.2, -0.15) is 13.2 Å². The van der Waals surface area contributed by atoms with E-state index in [4.69, 9.17) is 4.74 Å². The number of nitrogens with one attached hydrogen (secondary N) is 1. The molecule has 94 valence electrons. The van der Waals surface area contributed by atoms with Crippen molar-refractivity contribution in [1.82, 2.24) is 5.32 Å². The Morgan fingerprint density at radius 3 is 2.25 bits per heavy atom. The van der Waals surface area contributed by atoms with Gasteiger partial charge in [0.1, 0.15) is 5.54 Å². The van der Waals surface area contributed by atoms with Gasteiger partial charge < -0.3 is 10.1 Å². The molecule has 0 bridgehead atoms. The molecule has 2 aliphatic rings. The Balaban J connectivity index is 1.81. The first-order chi connectivity index (χ1) is 7.24. The Morgan fingerprint density at radius 1 is 1.25 bits per heavy atom. The van der Waals surface area contributed by atoms with Crippen LogP contribution in [-0.2, 0) is 4.74 Å². The van der Waals surface area contributed by atoms with Gasteiger partial charge in [-0.1, -0.05) is 0 Å². The summed E-state index contributed by atoms with van der Waals surface area (Å²) in [6.07, 6.45) is -2.04. The lowest BCUT2D eigenvalue weighted by molar-refractivity contribution is -0.167. The Hall–Kier alpha value is -0.290. The van der Waals surface area contributed by atoms with Crippen LogP contribution in [0.15, 0.2) is 0 Å². The number of ether oxygens (including phenoxy) is 1. The first-order valence-corrected chi connectivity index (χ1v) is 5.74. The maximum atomic E-state index is 12.6. The fourth-order valence-electron chi connectivity index (χ4n) is 2.22. The van der Waals surface area contributed by atoms with Crippen LogP contribution in [0.4, 0.5) is 13.2 Å². The first-order valence-electron chi connectivity index (χ1n) is 5.74. The molecule has 0 aromatic rings. The molecule has 1 unspecified atom stereocenters. The van der Waals surface area contributed by atoms with E-state index < -0.39 is 11.7 Å². The van der Waals surface area contributed by atoms with Crippen LogP contribution in [0.1, 0.15) is 39.5 Å². The summed E-state index contributed by atoms with van der Waals surface area (Å²) in [6, 6.07) is 0. The van der Waals surface area contributed by atoms with E-state index in [0.29, 0.717) is 6.54 Å². The van der Waals surface area contributed by atoms with E-state index >= 15 is 0 Å². The molecule has 0 amide bonds. The van der Waals surface area contributed by atoms with Crippen molar-refractivity contribution in [3.05, 3.63) is 0 Å². The molecule has 0 spiro atoms. The van der Waals surface area contributed by atoms with Crippen LogP contribution in [0, 0.1) is 0 Å². The molecule has 1 saturated carbocycles. The van der Waals surface area contributed by atoms with Gasteiger partial charge in [0, 0.05) is 6.54 Å². The second kappa shape index (κ2) is 3.60. The van der Waals surface area contributed by atoms with Gasteiger partial charge in [-0.25, -0.2) is 0 Å². The number of rotatable bonds is 3. The summed E-state index contributed by atoms with van der Waals surface area (Å²) in [5.74, 6) is 0. The molecule has 1 heterocycles. The third kappa shape index (κ3) is 2.35. The summed E-state index contributed by atoms with van der Waals surface area (Å²) in [5.41, 5.74) is -1.79. The Labute approximate surface area is 93.5 Å². The van der Waals surface area contributed by atoms with Gasteiger partial charge in [-0.05, 0) is 39.5 Å². The highest BCUT2D eigenvalue weighted by atomic mass is 19.4. The summed E-state index contributed by atoms with van der Waals surface area (Å²) in [6.45, 7) is 4.26. The molecule has 2 rings (SSSR count). The van der Waals surface area contributed by atoms with Gasteiger partial charge in [0.05, 0.1) is 11.7 Å². The molecule has 16 heavy (non-hydrogen) atoms. The van der Waals surface area contributed by atoms with Crippen molar-refractivity contribution in [2.45, 2.75) is 63.0 Å². The molecule has 0 aromatic heterocycles. The molecular formula is C11H18F3NO. The molecule has 5 heteroatoms. The zero-order chi connectivity index (χ0) is 12.0. The van der Waals surface area contributed by atoms with E-state index in [9.17, 15) is 13.2 Å². The van der Waals surface area contributed by atoms with E-state index in [-0.39, 0.29) is 24.5 Å². The monoisotopic (exact) mass is 237 g/mol. The van der Waals surface area contributed by atoms with Crippen molar-refractivity contribution >= 4 is 0 Å². The van der Waals surface area contributed by atoms with Crippen LogP contribution < -0.4 is 5.32 Å². The summed E-state index contributed by atoms with van der Waals surface area (Å²) in [5, 5.41) is 2.64. The van der Waals surface area contributed by atoms with Crippen LogP contribution in [0.25, 0.3) is 0 Å². The van der Waals surface area contributed by atoms with Crippen molar-refractivity contribution in [2.75, 3.05) is 6.54 Å². The zero-order valence-electron chi connectivity index (χ0n) is 9.66. The maximum Gasteiger partial charge on any atom is 0.406 e. The predicted molar refractivity (Wildman–Crippen MR) is 54.2 cm³/mol. The first kappa shape index (κ1) is 12.2. The minimum Gasteiger partial charge on any atom is -0.371 e. The van der Waals surface area contributed by atoms with Crippen molar-refractivity contribution < 1.29 is 17.9 Å². The van der Waals surface area contributed by atoms with Crippen LogP contribution in [0.3, 0.4) is 0 Å². The molecule has 0 aromatic carbocycles. The third-order valence-electron chi connectivity index (χ3n) is 3.51. The second-order valence-electron chi connectivity index (χ2n) is 5.50. The Bertz CT molecular complexity index is 271. The molecule has 1 atom stereocenters. The quantitative estimate of drug-likeness (QED) is 0.814. The average molecular weight is 237 g/mol. The van der Waals surface area contributed by atoms with Crippen molar-refractivity contribution in [3.8, 4) is 0 Å². The standard InChI is InChI=1S/C11H18F3NO/c1-9(2)4-3-8(16-9)7-15-10(5-6-10)11(12,13)14/h8,15H,3-7H2,1-2H3. The Kier molecular flexibility index (Phi) is 2.74. The van der Waals surface area contributed by atoms with E-state index in [0.717, 1.165) is 12.8 Å². The lowest BCUT2D eigenvalue weighted by Crippen LogP contribution is -2.47. The largest absolute Gasteiger partial charge is 0.406 e. The van der Waals surface area contributed by atoms with Gasteiger partial charge >= 0.3 is 6.18 Å². The van der Waals surface area contributed by atoms with Crippen LogP contribution >= 0.6 is 0 Å². The molecule has 1 N–H and O–H groups in total. The molecule has 1 aliphatic heterocycles.